The summed E-state index contributed by atoms with van der Waals surface area (Å²) >= 11 is 0.947. The Morgan fingerprint density at radius 2 is 2.07 bits per heavy atom. The molecule has 6 heteroatoms. The van der Waals surface area contributed by atoms with Crippen LogP contribution in [0.5, 0.6) is 0 Å². The van der Waals surface area contributed by atoms with Gasteiger partial charge in [0.15, 0.2) is 0 Å². The second-order valence-electron chi connectivity index (χ2n) is 2.51. The van der Waals surface area contributed by atoms with Crippen LogP contribution in [0.2, 0.25) is 0 Å². The average Bonchev–Trinajstić information content (AvgIpc) is 2.62. The number of carbonyl (C=O) groups excluding carboxylic acids is 1. The zero-order valence-corrected chi connectivity index (χ0v) is 8.13. The molecule has 14 heavy (non-hydrogen) atoms. The number of thiophene rings is 1. The first kappa shape index (κ1) is 10.7. The van der Waals surface area contributed by atoms with Crippen molar-refractivity contribution >= 4 is 23.2 Å². The van der Waals surface area contributed by atoms with Gasteiger partial charge >= 0.3 is 5.97 Å². The Kier molecular flexibility index (Phi) is 3.61. The van der Waals surface area contributed by atoms with Gasteiger partial charge in [-0.3, -0.25) is 4.79 Å². The first-order chi connectivity index (χ1) is 6.65. The lowest BCUT2D eigenvalue weighted by molar-refractivity contribution is 0.0702. The molecule has 0 aliphatic heterocycles. The molecule has 0 aromatic carbocycles. The Bertz CT molecular complexity index is 348. The molecule has 0 bridgehead atoms. The van der Waals surface area contributed by atoms with Gasteiger partial charge in [-0.15, -0.1) is 11.3 Å². The lowest BCUT2D eigenvalue weighted by Gasteiger charge is -1.98. The number of amides is 1. The fourth-order valence-electron chi connectivity index (χ4n) is 0.848. The zero-order chi connectivity index (χ0) is 10.6. The molecule has 0 saturated carbocycles. The predicted octanol–water partition coefficient (Wildman–Crippen LogP) is 0.135. The Morgan fingerprint density at radius 1 is 1.43 bits per heavy atom. The van der Waals surface area contributed by atoms with E-state index < -0.39 is 5.97 Å². The molecule has 1 aromatic rings. The lowest BCUT2D eigenvalue weighted by Crippen LogP contribution is -2.28. The highest BCUT2D eigenvalue weighted by molar-refractivity contribution is 7.15. The van der Waals surface area contributed by atoms with Gasteiger partial charge in [-0.1, -0.05) is 0 Å². The van der Waals surface area contributed by atoms with Crippen LogP contribution < -0.4 is 11.1 Å². The number of nitrogens with two attached hydrogens (primary N) is 1. The van der Waals surface area contributed by atoms with Crippen molar-refractivity contribution in [2.45, 2.75) is 0 Å². The maximum atomic E-state index is 11.3. The van der Waals surface area contributed by atoms with E-state index in [1.807, 2.05) is 0 Å². The topological polar surface area (TPSA) is 92.4 Å². The van der Waals surface area contributed by atoms with Crippen LogP contribution in [0.25, 0.3) is 0 Å². The maximum absolute atomic E-state index is 11.3. The number of carbonyl (C=O) groups is 2. The average molecular weight is 214 g/mol. The van der Waals surface area contributed by atoms with Crippen molar-refractivity contribution in [1.29, 1.82) is 0 Å². The number of nitrogens with one attached hydrogen (secondary N) is 1. The molecule has 0 atom stereocenters. The smallest absolute Gasteiger partial charge is 0.345 e. The summed E-state index contributed by atoms with van der Waals surface area (Å²) in [4.78, 5) is 22.3. The number of carboxylic acid groups (broad SMARTS) is 1. The number of hydrogen-bond acceptors (Lipinski definition) is 4. The first-order valence-electron chi connectivity index (χ1n) is 3.96. The summed E-state index contributed by atoms with van der Waals surface area (Å²) in [5.41, 5.74) is 5.20. The molecule has 1 aromatic heterocycles. The molecular weight excluding hydrogens is 204 g/mol. The Balaban J connectivity index is 2.66. The van der Waals surface area contributed by atoms with Crippen molar-refractivity contribution in [3.8, 4) is 0 Å². The van der Waals surface area contributed by atoms with E-state index in [1.165, 1.54) is 12.1 Å². The third kappa shape index (κ3) is 2.54. The molecule has 0 radical (unpaired) electrons. The van der Waals surface area contributed by atoms with Gasteiger partial charge in [0.2, 0.25) is 0 Å². The summed E-state index contributed by atoms with van der Waals surface area (Å²) in [5.74, 6) is -1.30. The largest absolute Gasteiger partial charge is 0.477 e. The molecule has 0 aliphatic carbocycles. The Hall–Kier alpha value is -1.40. The van der Waals surface area contributed by atoms with E-state index in [2.05, 4.69) is 5.32 Å². The van der Waals surface area contributed by atoms with Crippen LogP contribution in [0.3, 0.4) is 0 Å². The van der Waals surface area contributed by atoms with Crippen LogP contribution in [0.1, 0.15) is 19.3 Å². The van der Waals surface area contributed by atoms with Gasteiger partial charge in [0.25, 0.3) is 5.91 Å². The highest BCUT2D eigenvalue weighted by Crippen LogP contribution is 2.15. The zero-order valence-electron chi connectivity index (χ0n) is 7.32. The monoisotopic (exact) mass is 214 g/mol. The maximum Gasteiger partial charge on any atom is 0.345 e. The highest BCUT2D eigenvalue weighted by Gasteiger charge is 2.11. The van der Waals surface area contributed by atoms with Crippen LogP contribution >= 0.6 is 11.3 Å². The number of carboxylic acids is 1. The molecule has 0 unspecified atom stereocenters. The molecule has 1 amide bonds. The van der Waals surface area contributed by atoms with Gasteiger partial charge in [-0.2, -0.15) is 0 Å². The van der Waals surface area contributed by atoms with Gasteiger partial charge in [-0.25, -0.2) is 4.79 Å². The van der Waals surface area contributed by atoms with Gasteiger partial charge < -0.3 is 16.2 Å². The van der Waals surface area contributed by atoms with E-state index in [0.29, 0.717) is 18.0 Å². The number of aromatic carboxylic acids is 1. The fourth-order valence-corrected chi connectivity index (χ4v) is 1.61. The van der Waals surface area contributed by atoms with Crippen molar-refractivity contribution in [3.05, 3.63) is 21.9 Å². The summed E-state index contributed by atoms with van der Waals surface area (Å²) in [6.07, 6.45) is 0. The second kappa shape index (κ2) is 4.73. The molecule has 76 valence electrons. The van der Waals surface area contributed by atoms with E-state index in [1.54, 1.807) is 0 Å². The van der Waals surface area contributed by atoms with Crippen LogP contribution in [-0.4, -0.2) is 30.1 Å². The van der Waals surface area contributed by atoms with E-state index in [4.69, 9.17) is 10.8 Å². The van der Waals surface area contributed by atoms with Crippen molar-refractivity contribution in [1.82, 2.24) is 5.32 Å². The summed E-state index contributed by atoms with van der Waals surface area (Å²) in [7, 11) is 0. The minimum atomic E-state index is -1.02. The van der Waals surface area contributed by atoms with Crippen molar-refractivity contribution in [2.24, 2.45) is 5.73 Å². The second-order valence-corrected chi connectivity index (χ2v) is 3.60. The fraction of sp³-hybridized carbons (Fsp3) is 0.250. The molecule has 0 fully saturated rings. The molecular formula is C8H10N2O3S. The van der Waals surface area contributed by atoms with Crippen LogP contribution in [0, 0.1) is 0 Å². The summed E-state index contributed by atoms with van der Waals surface area (Å²) in [6.45, 7) is 0.752. The van der Waals surface area contributed by atoms with Crippen LogP contribution in [0.15, 0.2) is 12.1 Å². The van der Waals surface area contributed by atoms with Gasteiger partial charge in [0, 0.05) is 13.1 Å². The molecule has 0 saturated heterocycles. The predicted molar refractivity (Wildman–Crippen MR) is 52.7 cm³/mol. The molecule has 1 heterocycles. The molecule has 5 nitrogen and oxygen atoms in total. The van der Waals surface area contributed by atoms with E-state index in [-0.39, 0.29) is 10.8 Å². The molecule has 4 N–H and O–H groups in total. The minimum absolute atomic E-state index is 0.155. The third-order valence-electron chi connectivity index (χ3n) is 1.47. The highest BCUT2D eigenvalue weighted by atomic mass is 32.1. The minimum Gasteiger partial charge on any atom is -0.477 e. The Morgan fingerprint density at radius 3 is 2.57 bits per heavy atom. The van der Waals surface area contributed by atoms with Crippen LogP contribution in [-0.2, 0) is 0 Å². The molecule has 0 spiro atoms. The summed E-state index contributed by atoms with van der Waals surface area (Å²) < 4.78 is 0. The SMILES string of the molecule is NCCNC(=O)c1ccc(C(=O)O)s1. The van der Waals surface area contributed by atoms with Gasteiger partial charge in [0.05, 0.1) is 4.88 Å². The van der Waals surface area contributed by atoms with Crippen molar-refractivity contribution < 1.29 is 14.7 Å². The normalized spacial score (nSPS) is 9.79. The lowest BCUT2D eigenvalue weighted by atomic mass is 10.4. The van der Waals surface area contributed by atoms with E-state index in [0.717, 1.165) is 11.3 Å². The van der Waals surface area contributed by atoms with E-state index in [9.17, 15) is 9.59 Å². The van der Waals surface area contributed by atoms with Gasteiger partial charge in [-0.05, 0) is 12.1 Å². The summed E-state index contributed by atoms with van der Waals surface area (Å²) in [5, 5.41) is 11.2. The van der Waals surface area contributed by atoms with Crippen molar-refractivity contribution in [3.63, 3.8) is 0 Å². The Labute approximate surface area is 84.5 Å². The van der Waals surface area contributed by atoms with Gasteiger partial charge in [0.1, 0.15) is 4.88 Å². The van der Waals surface area contributed by atoms with E-state index >= 15 is 0 Å². The number of rotatable bonds is 4. The molecule has 0 aliphatic rings. The van der Waals surface area contributed by atoms with Crippen LogP contribution in [0.4, 0.5) is 0 Å². The van der Waals surface area contributed by atoms with Crippen molar-refractivity contribution in [2.75, 3.05) is 13.1 Å². The standard InChI is InChI=1S/C8H10N2O3S/c9-3-4-10-7(11)5-1-2-6(14-5)8(12)13/h1-2H,3-4,9H2,(H,10,11)(H,12,13). The first-order valence-corrected chi connectivity index (χ1v) is 4.78. The summed E-state index contributed by atoms with van der Waals surface area (Å²) in [6, 6.07) is 2.89. The number of hydrogen-bond donors (Lipinski definition) is 3. The third-order valence-corrected chi connectivity index (χ3v) is 2.54. The quantitative estimate of drug-likeness (QED) is 0.664. The molecule has 1 rings (SSSR count).